The van der Waals surface area contributed by atoms with E-state index in [1.165, 1.54) is 18.2 Å². The Morgan fingerprint density at radius 3 is 2.62 bits per heavy atom. The number of aliphatic imine (C=N–C) groups is 1. The van der Waals surface area contributed by atoms with Crippen LogP contribution in [0.4, 0.5) is 0 Å². The monoisotopic (exact) mass is 327 g/mol. The molecule has 0 amide bonds. The van der Waals surface area contributed by atoms with E-state index in [1.807, 2.05) is 19.1 Å². The molecule has 0 spiro atoms. The van der Waals surface area contributed by atoms with Crippen LogP contribution in [0.1, 0.15) is 23.6 Å². The van der Waals surface area contributed by atoms with Crippen molar-refractivity contribution in [3.05, 3.63) is 59.2 Å². The highest BCUT2D eigenvalue weighted by Gasteiger charge is 2.04. The third kappa shape index (κ3) is 5.19. The first-order valence-electron chi connectivity index (χ1n) is 8.06. The lowest BCUT2D eigenvalue weighted by atomic mass is 10.1. The SMILES string of the molecule is CCNC(=NCc1cccc(C)c1)NCc1ccc(OC)c(O)c1. The van der Waals surface area contributed by atoms with Crippen molar-refractivity contribution in [3.8, 4) is 11.5 Å². The van der Waals surface area contributed by atoms with Crippen LogP contribution in [-0.2, 0) is 13.1 Å². The molecule has 3 N–H and O–H groups in total. The number of hydrogen-bond donors (Lipinski definition) is 3. The van der Waals surface area contributed by atoms with E-state index < -0.39 is 0 Å². The minimum absolute atomic E-state index is 0.138. The van der Waals surface area contributed by atoms with Gasteiger partial charge in [-0.3, -0.25) is 0 Å². The van der Waals surface area contributed by atoms with Gasteiger partial charge in [0, 0.05) is 13.1 Å². The van der Waals surface area contributed by atoms with Gasteiger partial charge in [-0.15, -0.1) is 0 Å². The second kappa shape index (κ2) is 8.82. The maximum atomic E-state index is 9.84. The Bertz CT molecular complexity index is 699. The maximum Gasteiger partial charge on any atom is 0.191 e. The smallest absolute Gasteiger partial charge is 0.191 e. The lowest BCUT2D eigenvalue weighted by Crippen LogP contribution is -2.36. The molecule has 0 saturated carbocycles. The predicted molar refractivity (Wildman–Crippen MR) is 97.5 cm³/mol. The summed E-state index contributed by atoms with van der Waals surface area (Å²) in [5.41, 5.74) is 3.36. The minimum atomic E-state index is 0.138. The molecular formula is C19H25N3O2. The number of guanidine groups is 1. The largest absolute Gasteiger partial charge is 0.504 e. The molecule has 2 aromatic carbocycles. The fourth-order valence-corrected chi connectivity index (χ4v) is 2.35. The van der Waals surface area contributed by atoms with Crippen molar-refractivity contribution in [1.82, 2.24) is 10.6 Å². The van der Waals surface area contributed by atoms with Crippen LogP contribution in [0, 0.1) is 6.92 Å². The summed E-state index contributed by atoms with van der Waals surface area (Å²) in [4.78, 5) is 4.60. The first-order chi connectivity index (χ1) is 11.6. The van der Waals surface area contributed by atoms with E-state index >= 15 is 0 Å². The van der Waals surface area contributed by atoms with Gasteiger partial charge in [-0.1, -0.05) is 35.9 Å². The molecule has 5 heteroatoms. The van der Waals surface area contributed by atoms with Gasteiger partial charge < -0.3 is 20.5 Å². The van der Waals surface area contributed by atoms with Crippen molar-refractivity contribution in [3.63, 3.8) is 0 Å². The summed E-state index contributed by atoms with van der Waals surface area (Å²) >= 11 is 0. The second-order valence-electron chi connectivity index (χ2n) is 5.54. The van der Waals surface area contributed by atoms with Gasteiger partial charge in [0.25, 0.3) is 0 Å². The van der Waals surface area contributed by atoms with Gasteiger partial charge in [-0.05, 0) is 37.1 Å². The van der Waals surface area contributed by atoms with Crippen LogP contribution in [0.3, 0.4) is 0 Å². The highest BCUT2D eigenvalue weighted by molar-refractivity contribution is 5.79. The number of nitrogens with zero attached hydrogens (tertiary/aromatic N) is 1. The third-order valence-electron chi connectivity index (χ3n) is 3.55. The fraction of sp³-hybridized carbons (Fsp3) is 0.316. The van der Waals surface area contributed by atoms with E-state index in [0.29, 0.717) is 18.8 Å². The summed E-state index contributed by atoms with van der Waals surface area (Å²) in [7, 11) is 1.54. The number of aryl methyl sites for hydroxylation is 1. The molecule has 0 radical (unpaired) electrons. The van der Waals surface area contributed by atoms with Crippen molar-refractivity contribution in [2.45, 2.75) is 26.9 Å². The Labute approximate surface area is 143 Å². The minimum Gasteiger partial charge on any atom is -0.504 e. The standard InChI is InChI=1S/C19H25N3O2/c1-4-20-19(21-12-15-7-5-6-14(2)10-15)22-13-16-8-9-18(24-3)17(23)11-16/h5-11,23H,4,12-13H2,1-3H3,(H2,20,21,22). The molecule has 0 bridgehead atoms. The Hall–Kier alpha value is -2.69. The van der Waals surface area contributed by atoms with E-state index in [2.05, 4.69) is 40.7 Å². The summed E-state index contributed by atoms with van der Waals surface area (Å²) < 4.78 is 5.05. The zero-order valence-corrected chi connectivity index (χ0v) is 14.5. The highest BCUT2D eigenvalue weighted by Crippen LogP contribution is 2.25. The van der Waals surface area contributed by atoms with E-state index in [-0.39, 0.29) is 5.75 Å². The van der Waals surface area contributed by atoms with Crippen molar-refractivity contribution in [2.24, 2.45) is 4.99 Å². The lowest BCUT2D eigenvalue weighted by molar-refractivity contribution is 0.373. The first-order valence-corrected chi connectivity index (χ1v) is 8.06. The number of nitrogens with one attached hydrogen (secondary N) is 2. The zero-order chi connectivity index (χ0) is 17.4. The van der Waals surface area contributed by atoms with Crippen LogP contribution in [0.5, 0.6) is 11.5 Å². The van der Waals surface area contributed by atoms with Gasteiger partial charge in [-0.25, -0.2) is 4.99 Å². The van der Waals surface area contributed by atoms with Gasteiger partial charge in [0.15, 0.2) is 17.5 Å². The summed E-state index contributed by atoms with van der Waals surface area (Å²) in [5, 5.41) is 16.3. The topological polar surface area (TPSA) is 65.9 Å². The molecule has 0 aromatic heterocycles. The van der Waals surface area contributed by atoms with Crippen LogP contribution in [-0.4, -0.2) is 24.7 Å². The molecule has 0 aliphatic rings. The Morgan fingerprint density at radius 2 is 1.96 bits per heavy atom. The number of benzene rings is 2. The molecule has 0 fully saturated rings. The van der Waals surface area contributed by atoms with Crippen molar-refractivity contribution >= 4 is 5.96 Å². The molecular weight excluding hydrogens is 302 g/mol. The molecule has 2 aromatic rings. The van der Waals surface area contributed by atoms with Crippen molar-refractivity contribution < 1.29 is 9.84 Å². The van der Waals surface area contributed by atoms with E-state index in [4.69, 9.17) is 4.74 Å². The van der Waals surface area contributed by atoms with Crippen LogP contribution in [0.2, 0.25) is 0 Å². The maximum absolute atomic E-state index is 9.84. The Balaban J connectivity index is 2.00. The van der Waals surface area contributed by atoms with Crippen LogP contribution < -0.4 is 15.4 Å². The molecule has 0 aliphatic heterocycles. The summed E-state index contributed by atoms with van der Waals surface area (Å²) in [6, 6.07) is 13.7. The summed E-state index contributed by atoms with van der Waals surface area (Å²) in [5.74, 6) is 1.35. The highest BCUT2D eigenvalue weighted by atomic mass is 16.5. The average molecular weight is 327 g/mol. The van der Waals surface area contributed by atoms with Gasteiger partial charge >= 0.3 is 0 Å². The molecule has 0 atom stereocenters. The molecule has 0 unspecified atom stereocenters. The Morgan fingerprint density at radius 1 is 1.12 bits per heavy atom. The molecule has 128 valence electrons. The molecule has 5 nitrogen and oxygen atoms in total. The van der Waals surface area contributed by atoms with Crippen molar-refractivity contribution in [2.75, 3.05) is 13.7 Å². The molecule has 0 aliphatic carbocycles. The van der Waals surface area contributed by atoms with Crippen LogP contribution in [0.15, 0.2) is 47.5 Å². The van der Waals surface area contributed by atoms with E-state index in [0.717, 1.165) is 18.1 Å². The predicted octanol–water partition coefficient (Wildman–Crippen LogP) is 2.96. The summed E-state index contributed by atoms with van der Waals surface area (Å²) in [6.07, 6.45) is 0. The average Bonchev–Trinajstić information content (AvgIpc) is 2.57. The second-order valence-corrected chi connectivity index (χ2v) is 5.54. The number of methoxy groups -OCH3 is 1. The quantitative estimate of drug-likeness (QED) is 0.564. The molecule has 0 heterocycles. The van der Waals surface area contributed by atoms with Crippen LogP contribution >= 0.6 is 0 Å². The normalized spacial score (nSPS) is 11.2. The Kier molecular flexibility index (Phi) is 6.49. The summed E-state index contributed by atoms with van der Waals surface area (Å²) in [6.45, 7) is 6.07. The third-order valence-corrected chi connectivity index (χ3v) is 3.55. The number of phenolic OH excluding ortho intramolecular Hbond substituents is 1. The zero-order valence-electron chi connectivity index (χ0n) is 14.5. The number of aromatic hydroxyl groups is 1. The first kappa shape index (κ1) is 17.7. The fourth-order valence-electron chi connectivity index (χ4n) is 2.35. The van der Waals surface area contributed by atoms with Gasteiger partial charge in [0.1, 0.15) is 0 Å². The molecule has 24 heavy (non-hydrogen) atoms. The van der Waals surface area contributed by atoms with Gasteiger partial charge in [0.05, 0.1) is 13.7 Å². The molecule has 0 saturated heterocycles. The van der Waals surface area contributed by atoms with Gasteiger partial charge in [0.2, 0.25) is 0 Å². The number of ether oxygens (including phenoxy) is 1. The van der Waals surface area contributed by atoms with Crippen LogP contribution in [0.25, 0.3) is 0 Å². The van der Waals surface area contributed by atoms with E-state index in [1.54, 1.807) is 12.1 Å². The lowest BCUT2D eigenvalue weighted by Gasteiger charge is -2.12. The number of rotatable bonds is 6. The van der Waals surface area contributed by atoms with E-state index in [9.17, 15) is 5.11 Å². The van der Waals surface area contributed by atoms with Crippen molar-refractivity contribution in [1.29, 1.82) is 0 Å². The van der Waals surface area contributed by atoms with Gasteiger partial charge in [-0.2, -0.15) is 0 Å². The number of hydrogen-bond acceptors (Lipinski definition) is 3. The molecule has 2 rings (SSSR count). The number of phenols is 1.